The van der Waals surface area contributed by atoms with Crippen LogP contribution in [0.2, 0.25) is 0 Å². The third-order valence-corrected chi connectivity index (χ3v) is 2.63. The molecule has 0 aromatic heterocycles. The summed E-state index contributed by atoms with van der Waals surface area (Å²) >= 11 is 0. The maximum atomic E-state index is 11.7. The lowest BCUT2D eigenvalue weighted by molar-refractivity contribution is -0.133. The monoisotopic (exact) mass is 196 g/mol. The quantitative estimate of drug-likeness (QED) is 0.700. The predicted octanol–water partition coefficient (Wildman–Crippen LogP) is 0.519. The Balaban J connectivity index is 2.60. The van der Waals surface area contributed by atoms with Crippen LogP contribution in [0.4, 0.5) is 0 Å². The Kier molecular flexibility index (Phi) is 3.12. The smallest absolute Gasteiger partial charge is 0.240 e. The molecule has 1 rings (SSSR count). The Bertz CT molecular complexity index is 268. The van der Waals surface area contributed by atoms with Gasteiger partial charge >= 0.3 is 0 Å². The van der Waals surface area contributed by atoms with Gasteiger partial charge in [-0.25, -0.2) is 0 Å². The summed E-state index contributed by atoms with van der Waals surface area (Å²) < 4.78 is 0. The van der Waals surface area contributed by atoms with Crippen LogP contribution < -0.4 is 0 Å². The minimum atomic E-state index is -0.774. The standard InChI is InChI=1S/C10H16N2O2/c1-3-8(6-11)9(13)12-5-4-10(2,14)7-12/h8,14H,3-5,7H2,1-2H3. The Morgan fingerprint density at radius 2 is 2.43 bits per heavy atom. The second-order valence-corrected chi connectivity index (χ2v) is 4.10. The van der Waals surface area contributed by atoms with Crippen LogP contribution >= 0.6 is 0 Å². The van der Waals surface area contributed by atoms with Crippen molar-refractivity contribution in [2.45, 2.75) is 32.3 Å². The van der Waals surface area contributed by atoms with Crippen LogP contribution in [-0.2, 0) is 4.79 Å². The number of nitrogens with zero attached hydrogens (tertiary/aromatic N) is 2. The molecule has 4 nitrogen and oxygen atoms in total. The molecule has 0 spiro atoms. The van der Waals surface area contributed by atoms with E-state index >= 15 is 0 Å². The van der Waals surface area contributed by atoms with E-state index in [1.165, 1.54) is 0 Å². The van der Waals surface area contributed by atoms with Gasteiger partial charge in [0.2, 0.25) is 5.91 Å². The zero-order valence-electron chi connectivity index (χ0n) is 8.66. The number of nitriles is 1. The number of hydrogen-bond acceptors (Lipinski definition) is 3. The molecule has 0 aliphatic carbocycles. The molecule has 1 saturated heterocycles. The topological polar surface area (TPSA) is 64.3 Å². The average molecular weight is 196 g/mol. The zero-order valence-corrected chi connectivity index (χ0v) is 8.66. The van der Waals surface area contributed by atoms with Crippen LogP contribution in [0, 0.1) is 17.2 Å². The van der Waals surface area contributed by atoms with Gasteiger partial charge in [-0.05, 0) is 19.8 Å². The van der Waals surface area contributed by atoms with Gasteiger partial charge in [0.15, 0.2) is 0 Å². The Morgan fingerprint density at radius 3 is 2.79 bits per heavy atom. The normalized spacial score (nSPS) is 28.6. The highest BCUT2D eigenvalue weighted by Crippen LogP contribution is 2.22. The van der Waals surface area contributed by atoms with Crippen molar-refractivity contribution in [3.8, 4) is 6.07 Å². The van der Waals surface area contributed by atoms with Gasteiger partial charge in [0.05, 0.1) is 11.7 Å². The molecule has 0 saturated carbocycles. The lowest BCUT2D eigenvalue weighted by Crippen LogP contribution is -2.37. The van der Waals surface area contributed by atoms with Crippen LogP contribution in [0.15, 0.2) is 0 Å². The summed E-state index contributed by atoms with van der Waals surface area (Å²) in [5.41, 5.74) is -0.774. The van der Waals surface area contributed by atoms with Crippen molar-refractivity contribution in [1.29, 1.82) is 5.26 Å². The molecule has 0 aromatic carbocycles. The van der Waals surface area contributed by atoms with Crippen molar-refractivity contribution >= 4 is 5.91 Å². The highest BCUT2D eigenvalue weighted by Gasteiger charge is 2.35. The van der Waals surface area contributed by atoms with Gasteiger partial charge < -0.3 is 10.0 Å². The van der Waals surface area contributed by atoms with Crippen molar-refractivity contribution < 1.29 is 9.90 Å². The van der Waals surface area contributed by atoms with Crippen LogP contribution in [0.1, 0.15) is 26.7 Å². The number of carbonyl (C=O) groups excluding carboxylic acids is 1. The first-order valence-electron chi connectivity index (χ1n) is 4.91. The fraction of sp³-hybridized carbons (Fsp3) is 0.800. The molecular formula is C10H16N2O2. The van der Waals surface area contributed by atoms with E-state index < -0.39 is 11.5 Å². The van der Waals surface area contributed by atoms with Crippen molar-refractivity contribution in [3.05, 3.63) is 0 Å². The summed E-state index contributed by atoms with van der Waals surface area (Å²) in [7, 11) is 0. The molecule has 1 heterocycles. The molecule has 14 heavy (non-hydrogen) atoms. The SMILES string of the molecule is CCC(C#N)C(=O)N1CCC(C)(O)C1. The van der Waals surface area contributed by atoms with Gasteiger partial charge in [0.1, 0.15) is 5.92 Å². The van der Waals surface area contributed by atoms with Gasteiger partial charge in [-0.2, -0.15) is 5.26 Å². The highest BCUT2D eigenvalue weighted by atomic mass is 16.3. The number of likely N-dealkylation sites (tertiary alicyclic amines) is 1. The summed E-state index contributed by atoms with van der Waals surface area (Å²) in [6, 6.07) is 1.98. The van der Waals surface area contributed by atoms with E-state index in [1.807, 2.05) is 13.0 Å². The third kappa shape index (κ3) is 2.24. The van der Waals surface area contributed by atoms with Crippen LogP contribution in [0.25, 0.3) is 0 Å². The molecule has 4 heteroatoms. The molecule has 2 atom stereocenters. The minimum absolute atomic E-state index is 0.146. The van der Waals surface area contributed by atoms with Crippen molar-refractivity contribution in [1.82, 2.24) is 4.90 Å². The van der Waals surface area contributed by atoms with E-state index in [9.17, 15) is 9.90 Å². The largest absolute Gasteiger partial charge is 0.388 e. The van der Waals surface area contributed by atoms with Gasteiger partial charge in [0, 0.05) is 13.1 Å². The first kappa shape index (κ1) is 11.0. The Hall–Kier alpha value is -1.08. The molecule has 2 unspecified atom stereocenters. The van der Waals surface area contributed by atoms with Crippen molar-refractivity contribution in [2.24, 2.45) is 5.92 Å². The van der Waals surface area contributed by atoms with Crippen molar-refractivity contribution in [3.63, 3.8) is 0 Å². The lowest BCUT2D eigenvalue weighted by Gasteiger charge is -2.20. The van der Waals surface area contributed by atoms with Gasteiger partial charge in [-0.3, -0.25) is 4.79 Å². The molecule has 1 aliphatic rings. The first-order chi connectivity index (χ1) is 6.50. The summed E-state index contributed by atoms with van der Waals surface area (Å²) in [5.74, 6) is -0.698. The highest BCUT2D eigenvalue weighted by molar-refractivity contribution is 5.81. The zero-order chi connectivity index (χ0) is 10.8. The first-order valence-corrected chi connectivity index (χ1v) is 4.91. The molecule has 1 amide bonds. The number of amides is 1. The molecule has 1 fully saturated rings. The van der Waals surface area contributed by atoms with Crippen molar-refractivity contribution in [2.75, 3.05) is 13.1 Å². The van der Waals surface area contributed by atoms with Crippen LogP contribution in [0.3, 0.4) is 0 Å². The number of hydrogen-bond donors (Lipinski definition) is 1. The van der Waals surface area contributed by atoms with Gasteiger partial charge in [-0.15, -0.1) is 0 Å². The second kappa shape index (κ2) is 3.97. The van der Waals surface area contributed by atoms with E-state index in [1.54, 1.807) is 11.8 Å². The minimum Gasteiger partial charge on any atom is -0.388 e. The van der Waals surface area contributed by atoms with E-state index in [4.69, 9.17) is 5.26 Å². The van der Waals surface area contributed by atoms with Gasteiger partial charge in [0.25, 0.3) is 0 Å². The summed E-state index contributed by atoms with van der Waals surface area (Å²) in [4.78, 5) is 13.3. The number of rotatable bonds is 2. The van der Waals surface area contributed by atoms with Crippen LogP contribution in [-0.4, -0.2) is 34.6 Å². The fourth-order valence-electron chi connectivity index (χ4n) is 1.67. The maximum absolute atomic E-state index is 11.7. The Labute approximate surface area is 84.1 Å². The summed E-state index contributed by atoms with van der Waals surface area (Å²) in [6.07, 6.45) is 1.13. The molecule has 0 bridgehead atoms. The molecule has 78 valence electrons. The molecule has 0 radical (unpaired) electrons. The number of β-amino-alcohol motifs (C(OH)–C–C–N with tert-alkyl or cyclic N) is 1. The summed E-state index contributed by atoms with van der Waals surface area (Å²) in [5, 5.41) is 18.4. The lowest BCUT2D eigenvalue weighted by atomic mass is 10.1. The molecule has 1 N–H and O–H groups in total. The van der Waals surface area contributed by atoms with E-state index in [-0.39, 0.29) is 5.91 Å². The molecular weight excluding hydrogens is 180 g/mol. The second-order valence-electron chi connectivity index (χ2n) is 4.10. The van der Waals surface area contributed by atoms with Gasteiger partial charge in [-0.1, -0.05) is 6.92 Å². The van der Waals surface area contributed by atoms with E-state index in [0.717, 1.165) is 0 Å². The fourth-order valence-corrected chi connectivity index (χ4v) is 1.67. The van der Waals surface area contributed by atoms with E-state index in [2.05, 4.69) is 0 Å². The Morgan fingerprint density at radius 1 is 1.79 bits per heavy atom. The predicted molar refractivity (Wildman–Crippen MR) is 51.2 cm³/mol. The van der Waals surface area contributed by atoms with E-state index in [0.29, 0.717) is 25.9 Å². The van der Waals surface area contributed by atoms with Crippen LogP contribution in [0.5, 0.6) is 0 Å². The number of carbonyl (C=O) groups is 1. The number of aliphatic hydroxyl groups is 1. The average Bonchev–Trinajstić information content (AvgIpc) is 2.48. The third-order valence-electron chi connectivity index (χ3n) is 2.63. The maximum Gasteiger partial charge on any atom is 0.240 e. The molecule has 1 aliphatic heterocycles. The molecule has 0 aromatic rings. The summed E-state index contributed by atoms with van der Waals surface area (Å²) in [6.45, 7) is 4.45.